The molecule has 120 valence electrons. The molecule has 0 saturated heterocycles. The minimum Gasteiger partial charge on any atom is -0.0993 e. The number of rotatable bonds is 6. The van der Waals surface area contributed by atoms with Gasteiger partial charge in [0.1, 0.15) is 0 Å². The van der Waals surface area contributed by atoms with Crippen molar-refractivity contribution in [3.8, 4) is 0 Å². The van der Waals surface area contributed by atoms with Gasteiger partial charge >= 0.3 is 0 Å². The van der Waals surface area contributed by atoms with Crippen LogP contribution in [-0.4, -0.2) is 0 Å². The summed E-state index contributed by atoms with van der Waals surface area (Å²) in [5, 5.41) is 0. The van der Waals surface area contributed by atoms with E-state index in [2.05, 4.69) is 82.4 Å². The van der Waals surface area contributed by atoms with E-state index < -0.39 is 0 Å². The molecule has 0 heterocycles. The Balaban J connectivity index is 0. The third-order valence-electron chi connectivity index (χ3n) is 4.65. The van der Waals surface area contributed by atoms with E-state index in [-0.39, 0.29) is 0 Å². The van der Waals surface area contributed by atoms with Gasteiger partial charge in [0.15, 0.2) is 0 Å². The molecule has 0 aliphatic carbocycles. The first-order valence-electron chi connectivity index (χ1n) is 8.30. The van der Waals surface area contributed by atoms with Crippen molar-refractivity contribution >= 4 is 0 Å². The highest BCUT2D eigenvalue weighted by atomic mass is 14.2. The Morgan fingerprint density at radius 2 is 0.700 bits per heavy atom. The maximum absolute atomic E-state index is 4.08. The smallest absolute Gasteiger partial charge is 0.0209 e. The van der Waals surface area contributed by atoms with Crippen molar-refractivity contribution < 1.29 is 0 Å². The monoisotopic (exact) mass is 280 g/mol. The van der Waals surface area contributed by atoms with Gasteiger partial charge in [-0.15, -0.1) is 0 Å². The zero-order chi connectivity index (χ0) is 16.6. The van der Waals surface area contributed by atoms with E-state index in [9.17, 15) is 0 Å². The van der Waals surface area contributed by atoms with Gasteiger partial charge in [0, 0.05) is 0 Å². The van der Waals surface area contributed by atoms with E-state index >= 15 is 0 Å². The lowest BCUT2D eigenvalue weighted by atomic mass is 9.85. The van der Waals surface area contributed by atoms with E-state index in [0.717, 1.165) is 11.8 Å². The van der Waals surface area contributed by atoms with Crippen molar-refractivity contribution in [2.24, 2.45) is 35.5 Å². The van der Waals surface area contributed by atoms with Gasteiger partial charge in [-0.1, -0.05) is 93.5 Å². The molecule has 0 aliphatic rings. The lowest BCUT2D eigenvalue weighted by Gasteiger charge is -2.21. The lowest BCUT2D eigenvalue weighted by molar-refractivity contribution is 0.445. The summed E-state index contributed by atoms with van der Waals surface area (Å²) in [6.45, 7) is 30.5. The largest absolute Gasteiger partial charge is 0.0993 e. The van der Waals surface area contributed by atoms with E-state index in [0.29, 0.717) is 23.7 Å². The molecule has 0 amide bonds. The minimum absolute atomic E-state index is 0.636. The third kappa shape index (κ3) is 8.61. The second kappa shape index (κ2) is 10.2. The highest BCUT2D eigenvalue weighted by Crippen LogP contribution is 2.24. The average Bonchev–Trinajstić information content (AvgIpc) is 2.35. The van der Waals surface area contributed by atoms with Crippen LogP contribution in [0.2, 0.25) is 0 Å². The van der Waals surface area contributed by atoms with Crippen LogP contribution in [0.5, 0.6) is 0 Å². The van der Waals surface area contributed by atoms with Gasteiger partial charge in [-0.05, 0) is 35.5 Å². The van der Waals surface area contributed by atoms with Crippen LogP contribution in [0.4, 0.5) is 0 Å². The summed E-state index contributed by atoms with van der Waals surface area (Å²) in [5.41, 5.74) is 2.77. The standard InChI is InChI=1S/2C10H20/c2*1-7(2)9(5)10(6)8(3)4/h2*7-8,10H,5H2,1-4,6H3/t2*10-/m10/s1. The molecule has 0 spiro atoms. The van der Waals surface area contributed by atoms with Crippen LogP contribution in [0.1, 0.15) is 69.2 Å². The van der Waals surface area contributed by atoms with Crippen LogP contribution >= 0.6 is 0 Å². The minimum atomic E-state index is 0.636. The fourth-order valence-electron chi connectivity index (χ4n) is 1.91. The van der Waals surface area contributed by atoms with Gasteiger partial charge in [0.05, 0.1) is 0 Å². The molecule has 20 heavy (non-hydrogen) atoms. The van der Waals surface area contributed by atoms with Gasteiger partial charge in [-0.2, -0.15) is 0 Å². The fraction of sp³-hybridized carbons (Fsp3) is 0.800. The first-order chi connectivity index (χ1) is 8.93. The van der Waals surface area contributed by atoms with Crippen molar-refractivity contribution in [3.63, 3.8) is 0 Å². The van der Waals surface area contributed by atoms with Gasteiger partial charge < -0.3 is 0 Å². The Morgan fingerprint density at radius 1 is 0.500 bits per heavy atom. The lowest BCUT2D eigenvalue weighted by Crippen LogP contribution is -2.10. The predicted molar refractivity (Wildman–Crippen MR) is 96.0 cm³/mol. The molecular weight excluding hydrogens is 240 g/mol. The zero-order valence-electron chi connectivity index (χ0n) is 15.9. The summed E-state index contributed by atoms with van der Waals surface area (Å²) in [4.78, 5) is 0. The molecule has 2 atom stereocenters. The molecule has 0 aromatic rings. The number of allylic oxidation sites excluding steroid dienone is 2. The average molecular weight is 281 g/mol. The van der Waals surface area contributed by atoms with Crippen LogP contribution in [0.15, 0.2) is 24.3 Å². The predicted octanol–water partition coefficient (Wildman–Crippen LogP) is 6.98. The Kier molecular flexibility index (Phi) is 11.1. The third-order valence-corrected chi connectivity index (χ3v) is 4.65. The van der Waals surface area contributed by atoms with E-state index in [1.807, 2.05) is 0 Å². The summed E-state index contributed by atoms with van der Waals surface area (Å²) in [7, 11) is 0. The summed E-state index contributed by atoms with van der Waals surface area (Å²) >= 11 is 0. The maximum Gasteiger partial charge on any atom is -0.0209 e. The van der Waals surface area contributed by atoms with E-state index in [1.54, 1.807) is 0 Å². The van der Waals surface area contributed by atoms with Crippen LogP contribution in [-0.2, 0) is 0 Å². The van der Waals surface area contributed by atoms with Crippen molar-refractivity contribution in [1.29, 1.82) is 0 Å². The molecular formula is C20H40. The summed E-state index contributed by atoms with van der Waals surface area (Å²) in [6, 6.07) is 0. The van der Waals surface area contributed by atoms with Crippen molar-refractivity contribution in [2.75, 3.05) is 0 Å². The molecule has 0 aromatic heterocycles. The van der Waals surface area contributed by atoms with Crippen LogP contribution < -0.4 is 0 Å². The quantitative estimate of drug-likeness (QED) is 0.460. The molecule has 0 radical (unpaired) electrons. The summed E-state index contributed by atoms with van der Waals surface area (Å²) in [5.74, 6) is 4.07. The second-order valence-electron chi connectivity index (χ2n) is 7.52. The first-order valence-corrected chi connectivity index (χ1v) is 8.30. The maximum atomic E-state index is 4.08. The molecule has 0 aliphatic heterocycles. The van der Waals surface area contributed by atoms with Crippen molar-refractivity contribution in [1.82, 2.24) is 0 Å². The summed E-state index contributed by atoms with van der Waals surface area (Å²) < 4.78 is 0. The Morgan fingerprint density at radius 3 is 0.750 bits per heavy atom. The van der Waals surface area contributed by atoms with Crippen molar-refractivity contribution in [3.05, 3.63) is 24.3 Å². The number of hydrogen-bond acceptors (Lipinski definition) is 0. The normalized spacial score (nSPS) is 14.3. The van der Waals surface area contributed by atoms with Gasteiger partial charge in [0.2, 0.25) is 0 Å². The topological polar surface area (TPSA) is 0 Å². The van der Waals surface area contributed by atoms with Crippen LogP contribution in [0.3, 0.4) is 0 Å². The van der Waals surface area contributed by atoms with Crippen LogP contribution in [0.25, 0.3) is 0 Å². The molecule has 0 nitrogen and oxygen atoms in total. The SMILES string of the molecule is C=C(C(C)C)[C@@H](C)C(C)C.C=C(C(C)C)[C@H](C)C(C)C. The second-order valence-corrected chi connectivity index (χ2v) is 7.52. The Labute approximate surface area is 129 Å². The van der Waals surface area contributed by atoms with E-state index in [1.165, 1.54) is 11.1 Å². The van der Waals surface area contributed by atoms with Gasteiger partial charge in [-0.25, -0.2) is 0 Å². The zero-order valence-corrected chi connectivity index (χ0v) is 15.9. The highest BCUT2D eigenvalue weighted by Gasteiger charge is 2.13. The van der Waals surface area contributed by atoms with Crippen molar-refractivity contribution in [2.45, 2.75) is 69.2 Å². The molecule has 0 saturated carbocycles. The molecule has 0 N–H and O–H groups in total. The Hall–Kier alpha value is -0.520. The van der Waals surface area contributed by atoms with Gasteiger partial charge in [-0.3, -0.25) is 0 Å². The molecule has 0 rings (SSSR count). The highest BCUT2D eigenvalue weighted by molar-refractivity contribution is 5.03. The Bertz CT molecular complexity index is 248. The fourth-order valence-corrected chi connectivity index (χ4v) is 1.91. The first kappa shape index (κ1) is 21.8. The molecule has 0 fully saturated rings. The number of hydrogen-bond donors (Lipinski definition) is 0. The summed E-state index contributed by atoms with van der Waals surface area (Å²) in [6.07, 6.45) is 0. The van der Waals surface area contributed by atoms with E-state index in [4.69, 9.17) is 0 Å². The molecule has 0 unspecified atom stereocenters. The van der Waals surface area contributed by atoms with Crippen LogP contribution in [0, 0.1) is 35.5 Å². The van der Waals surface area contributed by atoms with Gasteiger partial charge in [0.25, 0.3) is 0 Å². The molecule has 0 aromatic carbocycles. The molecule has 0 heteroatoms. The molecule has 0 bridgehead atoms.